The topological polar surface area (TPSA) is 15.3 Å². The Morgan fingerprint density at radius 1 is 1.08 bits per heavy atom. The second kappa shape index (κ2) is 9.82. The van der Waals surface area contributed by atoms with E-state index in [9.17, 15) is 0 Å². The Balaban J connectivity index is 0.00000109. The fourth-order valence-electron chi connectivity index (χ4n) is 4.16. The van der Waals surface area contributed by atoms with Crippen LogP contribution in [0, 0.1) is 0 Å². The second-order valence-electron chi connectivity index (χ2n) is 7.56. The first-order chi connectivity index (χ1) is 12.1. The van der Waals surface area contributed by atoms with Gasteiger partial charge in [0.1, 0.15) is 0 Å². The Morgan fingerprint density at radius 3 is 2.36 bits per heavy atom. The van der Waals surface area contributed by atoms with Gasteiger partial charge < -0.3 is 10.2 Å². The largest absolute Gasteiger partial charge is 0.384 e. The molecule has 2 atom stereocenters. The minimum atomic E-state index is 0.451. The summed E-state index contributed by atoms with van der Waals surface area (Å²) in [5, 5.41) is 3.65. The normalized spacial score (nSPS) is 19.3. The van der Waals surface area contributed by atoms with Crippen LogP contribution in [0.25, 0.3) is 0 Å². The van der Waals surface area contributed by atoms with Crippen LogP contribution in [-0.4, -0.2) is 30.6 Å². The van der Waals surface area contributed by atoms with Crippen LogP contribution >= 0.6 is 0 Å². The molecule has 0 aromatic heterocycles. The van der Waals surface area contributed by atoms with Crippen LogP contribution < -0.4 is 5.32 Å². The third-order valence-corrected chi connectivity index (χ3v) is 5.59. The van der Waals surface area contributed by atoms with E-state index >= 15 is 0 Å². The number of allylic oxidation sites excluding steroid dienone is 1. The van der Waals surface area contributed by atoms with Crippen LogP contribution in [0.2, 0.25) is 0 Å². The van der Waals surface area contributed by atoms with Crippen molar-refractivity contribution in [2.45, 2.75) is 64.3 Å². The Kier molecular flexibility index (Phi) is 7.77. The van der Waals surface area contributed by atoms with Gasteiger partial charge in [-0.05, 0) is 75.2 Å². The maximum Gasteiger partial charge on any atom is 0.0451 e. The average Bonchev–Trinajstić information content (AvgIpc) is 3.14. The molecule has 2 heteroatoms. The van der Waals surface area contributed by atoms with E-state index in [0.717, 1.165) is 12.2 Å². The minimum absolute atomic E-state index is 0.451. The third-order valence-electron chi connectivity index (χ3n) is 5.59. The predicted octanol–water partition coefficient (Wildman–Crippen LogP) is 5.06. The summed E-state index contributed by atoms with van der Waals surface area (Å²) >= 11 is 0. The van der Waals surface area contributed by atoms with Gasteiger partial charge in [0.15, 0.2) is 0 Å². The molecule has 2 nitrogen and oxygen atoms in total. The molecule has 3 rings (SSSR count). The maximum absolute atomic E-state index is 4.09. The number of likely N-dealkylation sites (tertiary alicyclic amines) is 1. The summed E-state index contributed by atoms with van der Waals surface area (Å²) in [5.74, 6) is 0.513. The molecule has 0 spiro atoms. The molecule has 1 heterocycles. The van der Waals surface area contributed by atoms with Crippen LogP contribution in [0.1, 0.15) is 62.1 Å². The molecule has 2 aliphatic rings. The highest BCUT2D eigenvalue weighted by atomic mass is 15.2. The molecule has 0 bridgehead atoms. The van der Waals surface area contributed by atoms with Crippen molar-refractivity contribution in [3.63, 3.8) is 0 Å². The van der Waals surface area contributed by atoms with Gasteiger partial charge in [0.05, 0.1) is 0 Å². The standard InChI is InChI=1S/C21H32N2.C2H4/c1-16(2)22-21(15-23-12-6-7-13-23)17(3)19-11-10-18-8-4-5-9-20(18)14-19;1-2/h10-11,14,17,21-22H,1,4-9,12-13,15H2,2-3H3;1-2H2. The molecule has 1 fully saturated rings. The summed E-state index contributed by atoms with van der Waals surface area (Å²) in [4.78, 5) is 2.61. The number of benzene rings is 1. The SMILES string of the molecule is C=C.C=C(C)NC(CN1CCCC1)C(C)c1ccc2c(c1)CCCC2. The number of aryl methyl sites for hydroxylation is 2. The fraction of sp³-hybridized carbons (Fsp3) is 0.565. The van der Waals surface area contributed by atoms with Crippen LogP contribution in [-0.2, 0) is 12.8 Å². The first-order valence-electron chi connectivity index (χ1n) is 9.89. The summed E-state index contributed by atoms with van der Waals surface area (Å²) in [5.41, 5.74) is 5.75. The molecule has 2 unspecified atom stereocenters. The van der Waals surface area contributed by atoms with Crippen molar-refractivity contribution in [3.05, 3.63) is 60.3 Å². The first-order valence-corrected chi connectivity index (χ1v) is 9.89. The predicted molar refractivity (Wildman–Crippen MR) is 110 cm³/mol. The van der Waals surface area contributed by atoms with Gasteiger partial charge in [-0.1, -0.05) is 31.7 Å². The monoisotopic (exact) mass is 340 g/mol. The Labute approximate surface area is 155 Å². The van der Waals surface area contributed by atoms with Gasteiger partial charge in [0, 0.05) is 24.2 Å². The molecule has 1 aromatic rings. The zero-order chi connectivity index (χ0) is 18.2. The van der Waals surface area contributed by atoms with Crippen LogP contribution in [0.3, 0.4) is 0 Å². The summed E-state index contributed by atoms with van der Waals surface area (Å²) in [7, 11) is 0. The van der Waals surface area contributed by atoms with Crippen molar-refractivity contribution in [3.8, 4) is 0 Å². The van der Waals surface area contributed by atoms with Crippen molar-refractivity contribution in [1.29, 1.82) is 0 Å². The quantitative estimate of drug-likeness (QED) is 0.728. The molecule has 0 amide bonds. The lowest BCUT2D eigenvalue weighted by Gasteiger charge is -2.31. The molecular formula is C23H36N2. The van der Waals surface area contributed by atoms with Gasteiger partial charge >= 0.3 is 0 Å². The molecule has 138 valence electrons. The van der Waals surface area contributed by atoms with Crippen LogP contribution in [0.5, 0.6) is 0 Å². The lowest BCUT2D eigenvalue weighted by Crippen LogP contribution is -2.42. The Hall–Kier alpha value is -1.54. The van der Waals surface area contributed by atoms with Crippen LogP contribution in [0.4, 0.5) is 0 Å². The van der Waals surface area contributed by atoms with E-state index in [4.69, 9.17) is 0 Å². The Morgan fingerprint density at radius 2 is 1.72 bits per heavy atom. The molecule has 1 aliphatic carbocycles. The van der Waals surface area contributed by atoms with Crippen molar-refractivity contribution in [2.24, 2.45) is 0 Å². The summed E-state index contributed by atoms with van der Waals surface area (Å²) < 4.78 is 0. The first kappa shape index (κ1) is 19.8. The molecule has 25 heavy (non-hydrogen) atoms. The van der Waals surface area contributed by atoms with Gasteiger partial charge in [-0.2, -0.15) is 0 Å². The van der Waals surface area contributed by atoms with E-state index in [-0.39, 0.29) is 0 Å². The fourth-order valence-corrected chi connectivity index (χ4v) is 4.16. The number of nitrogens with zero attached hydrogens (tertiary/aromatic N) is 1. The highest BCUT2D eigenvalue weighted by Crippen LogP contribution is 2.28. The van der Waals surface area contributed by atoms with E-state index in [0.29, 0.717) is 12.0 Å². The molecule has 1 aliphatic heterocycles. The third kappa shape index (κ3) is 5.47. The van der Waals surface area contributed by atoms with Gasteiger partial charge in [-0.25, -0.2) is 0 Å². The Bertz CT molecular complexity index is 557. The van der Waals surface area contributed by atoms with Crippen LogP contribution in [0.15, 0.2) is 43.6 Å². The number of hydrogen-bond donors (Lipinski definition) is 1. The number of rotatable bonds is 6. The second-order valence-corrected chi connectivity index (χ2v) is 7.56. The molecule has 1 saturated heterocycles. The zero-order valence-electron chi connectivity index (χ0n) is 16.3. The molecule has 1 aromatic carbocycles. The van der Waals surface area contributed by atoms with E-state index in [2.05, 4.69) is 62.0 Å². The molecule has 0 radical (unpaired) electrons. The van der Waals surface area contributed by atoms with Gasteiger partial charge in [-0.15, -0.1) is 13.2 Å². The summed E-state index contributed by atoms with van der Waals surface area (Å²) in [6, 6.07) is 7.68. The van der Waals surface area contributed by atoms with Gasteiger partial charge in [0.25, 0.3) is 0 Å². The summed E-state index contributed by atoms with van der Waals surface area (Å²) in [6.45, 7) is 18.2. The smallest absolute Gasteiger partial charge is 0.0451 e. The zero-order valence-corrected chi connectivity index (χ0v) is 16.3. The van der Waals surface area contributed by atoms with Crippen molar-refractivity contribution in [2.75, 3.05) is 19.6 Å². The molecular weight excluding hydrogens is 304 g/mol. The average molecular weight is 341 g/mol. The molecule has 1 N–H and O–H groups in total. The lowest BCUT2D eigenvalue weighted by atomic mass is 9.85. The van der Waals surface area contributed by atoms with Crippen molar-refractivity contribution >= 4 is 0 Å². The highest BCUT2D eigenvalue weighted by molar-refractivity contribution is 5.36. The number of hydrogen-bond acceptors (Lipinski definition) is 2. The molecule has 0 saturated carbocycles. The van der Waals surface area contributed by atoms with E-state index in [1.54, 1.807) is 11.1 Å². The maximum atomic E-state index is 4.09. The van der Waals surface area contributed by atoms with Crippen molar-refractivity contribution < 1.29 is 0 Å². The van der Waals surface area contributed by atoms with E-state index < -0.39 is 0 Å². The van der Waals surface area contributed by atoms with E-state index in [1.807, 2.05) is 0 Å². The van der Waals surface area contributed by atoms with Gasteiger partial charge in [-0.3, -0.25) is 0 Å². The van der Waals surface area contributed by atoms with Crippen molar-refractivity contribution in [1.82, 2.24) is 10.2 Å². The lowest BCUT2D eigenvalue weighted by molar-refractivity contribution is 0.281. The van der Waals surface area contributed by atoms with Gasteiger partial charge in [0.2, 0.25) is 0 Å². The number of fused-ring (bicyclic) bond motifs is 1. The minimum Gasteiger partial charge on any atom is -0.384 e. The highest BCUT2D eigenvalue weighted by Gasteiger charge is 2.24. The number of nitrogens with one attached hydrogen (secondary N) is 1. The summed E-state index contributed by atoms with van der Waals surface area (Å²) in [6.07, 6.45) is 7.95. The van der Waals surface area contributed by atoms with E-state index in [1.165, 1.54) is 57.2 Å².